The first-order valence-electron chi connectivity index (χ1n) is 8.61. The minimum atomic E-state index is -2.27. The number of nitrogens with two attached hydrogens (primary N) is 1. The van der Waals surface area contributed by atoms with Gasteiger partial charge < -0.3 is 5.73 Å². The van der Waals surface area contributed by atoms with Crippen LogP contribution in [0.3, 0.4) is 0 Å². The summed E-state index contributed by atoms with van der Waals surface area (Å²) in [5.74, 6) is -1.09. The molecule has 3 rings (SSSR count). The fourth-order valence-corrected chi connectivity index (χ4v) is 3.97. The minimum Gasteiger partial charge on any atom is -0.364 e. The molecule has 1 saturated heterocycles. The van der Waals surface area contributed by atoms with Gasteiger partial charge in [0.05, 0.1) is 5.69 Å². The van der Waals surface area contributed by atoms with Gasteiger partial charge in [-0.1, -0.05) is 13.8 Å². The van der Waals surface area contributed by atoms with Crippen LogP contribution in [0.1, 0.15) is 60.4 Å². The van der Waals surface area contributed by atoms with Crippen molar-refractivity contribution in [2.24, 2.45) is 11.7 Å². The van der Waals surface area contributed by atoms with Crippen LogP contribution in [0.5, 0.6) is 0 Å². The highest BCUT2D eigenvalue weighted by Crippen LogP contribution is 2.39. The van der Waals surface area contributed by atoms with Crippen molar-refractivity contribution in [2.45, 2.75) is 57.9 Å². The Morgan fingerprint density at radius 1 is 1.50 bits per heavy atom. The van der Waals surface area contributed by atoms with Crippen molar-refractivity contribution < 1.29 is 13.6 Å². The van der Waals surface area contributed by atoms with Crippen molar-refractivity contribution in [1.82, 2.24) is 9.88 Å². The third kappa shape index (κ3) is 3.29. The van der Waals surface area contributed by atoms with Crippen LogP contribution < -0.4 is 5.73 Å². The molecule has 1 atom stereocenters. The van der Waals surface area contributed by atoms with E-state index in [4.69, 9.17) is 5.73 Å². The molecule has 24 heavy (non-hydrogen) atoms. The standard InChI is InChI=1S/C18H25F2N3O/c1-18(2)6-5-13-12(8-14(17(21)24)22-15(13)18)10-23-7-3-4-11(9-23)16(19)20/h8,11,16H,3-7,9-10H2,1-2H3,(H2,21,24)/t11-/m0/s1. The van der Waals surface area contributed by atoms with Gasteiger partial charge in [-0.2, -0.15) is 0 Å². The van der Waals surface area contributed by atoms with Crippen molar-refractivity contribution >= 4 is 5.91 Å². The fourth-order valence-electron chi connectivity index (χ4n) is 3.97. The van der Waals surface area contributed by atoms with E-state index in [1.165, 1.54) is 5.56 Å². The lowest BCUT2D eigenvalue weighted by atomic mass is 9.90. The van der Waals surface area contributed by atoms with Gasteiger partial charge in [0.15, 0.2) is 0 Å². The molecule has 1 aromatic heterocycles. The molecule has 0 saturated carbocycles. The number of carbonyl (C=O) groups excluding carboxylic acids is 1. The number of pyridine rings is 1. The normalized spacial score (nSPS) is 23.5. The van der Waals surface area contributed by atoms with E-state index in [9.17, 15) is 13.6 Å². The Morgan fingerprint density at radius 3 is 2.92 bits per heavy atom. The van der Waals surface area contributed by atoms with E-state index in [0.717, 1.165) is 37.1 Å². The van der Waals surface area contributed by atoms with Crippen LogP contribution in [0.4, 0.5) is 8.78 Å². The highest BCUT2D eigenvalue weighted by atomic mass is 19.3. The molecule has 0 bridgehead atoms. The number of alkyl halides is 2. The molecular formula is C18H25F2N3O. The number of piperidine rings is 1. The van der Waals surface area contributed by atoms with Gasteiger partial charge in [0.1, 0.15) is 5.69 Å². The molecule has 0 aromatic carbocycles. The van der Waals surface area contributed by atoms with E-state index in [1.807, 2.05) is 0 Å². The summed E-state index contributed by atoms with van der Waals surface area (Å²) in [6, 6.07) is 1.76. The second-order valence-electron chi connectivity index (χ2n) is 7.71. The molecule has 2 heterocycles. The zero-order valence-corrected chi connectivity index (χ0v) is 14.3. The van der Waals surface area contributed by atoms with Crippen LogP contribution in [-0.4, -0.2) is 35.3 Å². The Morgan fingerprint density at radius 2 is 2.25 bits per heavy atom. The van der Waals surface area contributed by atoms with Gasteiger partial charge in [-0.3, -0.25) is 9.69 Å². The molecular weight excluding hydrogens is 312 g/mol. The number of rotatable bonds is 4. The van der Waals surface area contributed by atoms with E-state index in [0.29, 0.717) is 19.5 Å². The van der Waals surface area contributed by atoms with E-state index in [-0.39, 0.29) is 11.1 Å². The number of amides is 1. The minimum absolute atomic E-state index is 0.0804. The summed E-state index contributed by atoms with van der Waals surface area (Å²) in [5.41, 5.74) is 8.78. The molecule has 132 valence electrons. The van der Waals surface area contributed by atoms with Crippen LogP contribution >= 0.6 is 0 Å². The largest absolute Gasteiger partial charge is 0.364 e. The highest BCUT2D eigenvalue weighted by Gasteiger charge is 2.35. The molecule has 1 aromatic rings. The second-order valence-corrected chi connectivity index (χ2v) is 7.71. The summed E-state index contributed by atoms with van der Waals surface area (Å²) in [4.78, 5) is 18.2. The molecule has 1 aliphatic heterocycles. The number of primary amides is 1. The van der Waals surface area contributed by atoms with E-state index in [1.54, 1.807) is 6.07 Å². The Kier molecular flexibility index (Phi) is 4.60. The van der Waals surface area contributed by atoms with Gasteiger partial charge >= 0.3 is 0 Å². The number of fused-ring (bicyclic) bond motifs is 1. The van der Waals surface area contributed by atoms with Gasteiger partial charge in [-0.15, -0.1) is 0 Å². The molecule has 0 spiro atoms. The SMILES string of the molecule is CC1(C)CCc2c(CN3CCC[C@H](C(F)F)C3)cc(C(N)=O)nc21. The third-order valence-corrected chi connectivity index (χ3v) is 5.40. The van der Waals surface area contributed by atoms with Crippen LogP contribution in [0, 0.1) is 5.92 Å². The van der Waals surface area contributed by atoms with Gasteiger partial charge in [0.2, 0.25) is 6.43 Å². The summed E-state index contributed by atoms with van der Waals surface area (Å²) in [7, 11) is 0. The Labute approximate surface area is 141 Å². The van der Waals surface area contributed by atoms with Crippen LogP contribution in [0.2, 0.25) is 0 Å². The maximum absolute atomic E-state index is 13.0. The maximum atomic E-state index is 13.0. The van der Waals surface area contributed by atoms with Crippen molar-refractivity contribution in [2.75, 3.05) is 13.1 Å². The lowest BCUT2D eigenvalue weighted by molar-refractivity contribution is 0.0253. The van der Waals surface area contributed by atoms with Gasteiger partial charge in [0.25, 0.3) is 5.91 Å². The fraction of sp³-hybridized carbons (Fsp3) is 0.667. The highest BCUT2D eigenvalue weighted by molar-refractivity contribution is 5.91. The summed E-state index contributed by atoms with van der Waals surface area (Å²) in [6.45, 7) is 6.05. The molecule has 0 unspecified atom stereocenters. The smallest absolute Gasteiger partial charge is 0.267 e. The van der Waals surface area contributed by atoms with Gasteiger partial charge in [-0.05, 0) is 49.4 Å². The number of aromatic nitrogens is 1. The number of carbonyl (C=O) groups is 1. The summed E-state index contributed by atoms with van der Waals surface area (Å²) < 4.78 is 26.1. The Balaban J connectivity index is 1.89. The molecule has 1 fully saturated rings. The van der Waals surface area contributed by atoms with E-state index >= 15 is 0 Å². The quantitative estimate of drug-likeness (QED) is 0.919. The molecule has 2 N–H and O–H groups in total. The first kappa shape index (κ1) is 17.3. The number of halogens is 2. The van der Waals surface area contributed by atoms with Gasteiger partial charge in [-0.25, -0.2) is 13.8 Å². The molecule has 4 nitrogen and oxygen atoms in total. The first-order chi connectivity index (χ1) is 11.3. The van der Waals surface area contributed by atoms with Crippen molar-refractivity contribution in [1.29, 1.82) is 0 Å². The second kappa shape index (κ2) is 6.39. The predicted molar refractivity (Wildman–Crippen MR) is 88.1 cm³/mol. The molecule has 6 heteroatoms. The molecule has 1 amide bonds. The van der Waals surface area contributed by atoms with E-state index in [2.05, 4.69) is 23.7 Å². The van der Waals surface area contributed by atoms with Gasteiger partial charge in [0, 0.05) is 24.4 Å². The topological polar surface area (TPSA) is 59.2 Å². The zero-order valence-electron chi connectivity index (χ0n) is 14.3. The summed E-state index contributed by atoms with van der Waals surface area (Å²) in [6.07, 6.45) is 0.995. The number of likely N-dealkylation sites (tertiary alicyclic amines) is 1. The monoisotopic (exact) mass is 337 g/mol. The summed E-state index contributed by atoms with van der Waals surface area (Å²) in [5, 5.41) is 0. The Hall–Kier alpha value is -1.56. The van der Waals surface area contributed by atoms with E-state index < -0.39 is 18.3 Å². The van der Waals surface area contributed by atoms with Crippen molar-refractivity contribution in [3.8, 4) is 0 Å². The third-order valence-electron chi connectivity index (χ3n) is 5.40. The lowest BCUT2D eigenvalue weighted by Crippen LogP contribution is -2.38. The van der Waals surface area contributed by atoms with Crippen LogP contribution in [0.25, 0.3) is 0 Å². The summed E-state index contributed by atoms with van der Waals surface area (Å²) >= 11 is 0. The van der Waals surface area contributed by atoms with Crippen molar-refractivity contribution in [3.63, 3.8) is 0 Å². The lowest BCUT2D eigenvalue weighted by Gasteiger charge is -2.32. The average Bonchev–Trinajstić information content (AvgIpc) is 2.83. The molecule has 1 aliphatic carbocycles. The van der Waals surface area contributed by atoms with Crippen LogP contribution in [-0.2, 0) is 18.4 Å². The average molecular weight is 337 g/mol. The molecule has 0 radical (unpaired) electrons. The Bertz CT molecular complexity index is 645. The number of nitrogens with zero attached hydrogens (tertiary/aromatic N) is 2. The molecule has 2 aliphatic rings. The van der Waals surface area contributed by atoms with Crippen molar-refractivity contribution in [3.05, 3.63) is 28.6 Å². The maximum Gasteiger partial charge on any atom is 0.267 e. The predicted octanol–water partition coefficient (Wildman–Crippen LogP) is 2.88. The first-order valence-corrected chi connectivity index (χ1v) is 8.61. The van der Waals surface area contributed by atoms with Crippen LogP contribution in [0.15, 0.2) is 6.07 Å². The number of hydrogen-bond acceptors (Lipinski definition) is 3. The number of hydrogen-bond donors (Lipinski definition) is 1. The zero-order chi connectivity index (χ0) is 17.5.